The molecule has 0 saturated heterocycles. The molecular formula is C14H18N2O4. The largest absolute Gasteiger partial charge is 0.454 e. The molecule has 1 aliphatic rings. The van der Waals surface area contributed by atoms with E-state index in [2.05, 4.69) is 5.32 Å². The van der Waals surface area contributed by atoms with Crippen molar-refractivity contribution in [3.8, 4) is 11.5 Å². The zero-order valence-electron chi connectivity index (χ0n) is 11.6. The van der Waals surface area contributed by atoms with Crippen molar-refractivity contribution in [2.45, 2.75) is 19.8 Å². The van der Waals surface area contributed by atoms with E-state index in [4.69, 9.17) is 9.47 Å². The summed E-state index contributed by atoms with van der Waals surface area (Å²) in [5.74, 6) is 0.00237. The normalized spacial score (nSPS) is 12.1. The SMILES string of the molecule is CCCCN(C)C(=O)C(=O)Nc1ccc2c(c1)OCO2. The maximum atomic E-state index is 11.8. The smallest absolute Gasteiger partial charge is 0.313 e. The van der Waals surface area contributed by atoms with E-state index in [9.17, 15) is 9.59 Å². The highest BCUT2D eigenvalue weighted by molar-refractivity contribution is 6.39. The van der Waals surface area contributed by atoms with Gasteiger partial charge in [-0.05, 0) is 18.6 Å². The summed E-state index contributed by atoms with van der Waals surface area (Å²) in [5.41, 5.74) is 0.511. The summed E-state index contributed by atoms with van der Waals surface area (Å²) in [6, 6.07) is 5.01. The lowest BCUT2D eigenvalue weighted by atomic mass is 10.2. The fourth-order valence-electron chi connectivity index (χ4n) is 1.83. The molecule has 1 heterocycles. The first-order valence-electron chi connectivity index (χ1n) is 6.58. The van der Waals surface area contributed by atoms with Gasteiger partial charge in [-0.1, -0.05) is 13.3 Å². The summed E-state index contributed by atoms with van der Waals surface area (Å²) in [4.78, 5) is 25.1. The van der Waals surface area contributed by atoms with Gasteiger partial charge in [0.1, 0.15) is 0 Å². The third-order valence-electron chi connectivity index (χ3n) is 3.02. The predicted molar refractivity (Wildman–Crippen MR) is 73.7 cm³/mol. The zero-order valence-corrected chi connectivity index (χ0v) is 11.6. The Morgan fingerprint density at radius 1 is 1.30 bits per heavy atom. The van der Waals surface area contributed by atoms with Crippen LogP contribution in [0.4, 0.5) is 5.69 Å². The van der Waals surface area contributed by atoms with E-state index in [-0.39, 0.29) is 6.79 Å². The number of nitrogens with zero attached hydrogens (tertiary/aromatic N) is 1. The molecule has 1 aromatic rings. The van der Waals surface area contributed by atoms with Gasteiger partial charge < -0.3 is 19.7 Å². The highest BCUT2D eigenvalue weighted by Gasteiger charge is 2.20. The van der Waals surface area contributed by atoms with Crippen LogP contribution >= 0.6 is 0 Å². The maximum absolute atomic E-state index is 11.8. The van der Waals surface area contributed by atoms with E-state index < -0.39 is 11.8 Å². The average Bonchev–Trinajstić information content (AvgIpc) is 2.91. The molecule has 0 spiro atoms. The Morgan fingerprint density at radius 2 is 2.05 bits per heavy atom. The van der Waals surface area contributed by atoms with E-state index in [1.54, 1.807) is 25.2 Å². The predicted octanol–water partition coefficient (Wildman–Crippen LogP) is 1.61. The number of amides is 2. The third kappa shape index (κ3) is 3.20. The maximum Gasteiger partial charge on any atom is 0.313 e. The van der Waals surface area contributed by atoms with Crippen molar-refractivity contribution in [3.63, 3.8) is 0 Å². The Labute approximate surface area is 117 Å². The van der Waals surface area contributed by atoms with Gasteiger partial charge in [0.15, 0.2) is 11.5 Å². The van der Waals surface area contributed by atoms with Crippen LogP contribution in [-0.4, -0.2) is 37.1 Å². The quantitative estimate of drug-likeness (QED) is 0.850. The van der Waals surface area contributed by atoms with Gasteiger partial charge in [0.05, 0.1) is 0 Å². The Bertz CT molecular complexity index is 516. The molecule has 0 bridgehead atoms. The third-order valence-corrected chi connectivity index (χ3v) is 3.02. The highest BCUT2D eigenvalue weighted by atomic mass is 16.7. The van der Waals surface area contributed by atoms with Crippen LogP contribution < -0.4 is 14.8 Å². The van der Waals surface area contributed by atoms with E-state index >= 15 is 0 Å². The van der Waals surface area contributed by atoms with Gasteiger partial charge in [-0.25, -0.2) is 0 Å². The molecule has 1 N–H and O–H groups in total. The first-order valence-corrected chi connectivity index (χ1v) is 6.58. The molecule has 2 rings (SSSR count). The number of nitrogens with one attached hydrogen (secondary N) is 1. The summed E-state index contributed by atoms with van der Waals surface area (Å²) in [6.07, 6.45) is 1.85. The molecule has 1 aliphatic heterocycles. The molecule has 20 heavy (non-hydrogen) atoms. The summed E-state index contributed by atoms with van der Waals surface area (Å²) in [7, 11) is 1.62. The molecule has 0 fully saturated rings. The molecule has 2 amide bonds. The Hall–Kier alpha value is -2.24. The number of ether oxygens (including phenoxy) is 2. The topological polar surface area (TPSA) is 67.9 Å². The van der Waals surface area contributed by atoms with Gasteiger partial charge in [0, 0.05) is 25.3 Å². The molecule has 108 valence electrons. The standard InChI is InChI=1S/C14H18N2O4/c1-3-4-7-16(2)14(18)13(17)15-10-5-6-11-12(8-10)20-9-19-11/h5-6,8H,3-4,7,9H2,1-2H3,(H,15,17). The van der Waals surface area contributed by atoms with Crippen LogP contribution in [0, 0.1) is 0 Å². The van der Waals surface area contributed by atoms with Crippen LogP contribution in [-0.2, 0) is 9.59 Å². The minimum atomic E-state index is -0.650. The average molecular weight is 278 g/mol. The van der Waals surface area contributed by atoms with Gasteiger partial charge in [-0.15, -0.1) is 0 Å². The van der Waals surface area contributed by atoms with Crippen molar-refractivity contribution < 1.29 is 19.1 Å². The number of anilines is 1. The molecule has 0 aliphatic carbocycles. The minimum Gasteiger partial charge on any atom is -0.454 e. The molecular weight excluding hydrogens is 260 g/mol. The van der Waals surface area contributed by atoms with Gasteiger partial charge in [0.25, 0.3) is 0 Å². The van der Waals surface area contributed by atoms with Crippen LogP contribution in [0.25, 0.3) is 0 Å². The molecule has 6 nitrogen and oxygen atoms in total. The lowest BCUT2D eigenvalue weighted by Gasteiger charge is -2.16. The summed E-state index contributed by atoms with van der Waals surface area (Å²) in [5, 5.41) is 2.56. The van der Waals surface area contributed by atoms with Gasteiger partial charge in [-0.3, -0.25) is 9.59 Å². The Balaban J connectivity index is 1.95. The Morgan fingerprint density at radius 3 is 2.80 bits per heavy atom. The van der Waals surface area contributed by atoms with Crippen molar-refractivity contribution >= 4 is 17.5 Å². The number of carbonyl (C=O) groups excluding carboxylic acids is 2. The van der Waals surface area contributed by atoms with E-state index in [0.29, 0.717) is 23.7 Å². The second-order valence-electron chi connectivity index (χ2n) is 4.60. The van der Waals surface area contributed by atoms with E-state index in [1.165, 1.54) is 4.90 Å². The minimum absolute atomic E-state index is 0.172. The highest BCUT2D eigenvalue weighted by Crippen LogP contribution is 2.34. The fraction of sp³-hybridized carbons (Fsp3) is 0.429. The van der Waals surface area contributed by atoms with Crippen molar-refractivity contribution in [1.82, 2.24) is 4.90 Å². The number of unbranched alkanes of at least 4 members (excludes halogenated alkanes) is 1. The second kappa shape index (κ2) is 6.27. The Kier molecular flexibility index (Phi) is 4.45. The number of fused-ring (bicyclic) bond motifs is 1. The zero-order chi connectivity index (χ0) is 14.5. The number of likely N-dealkylation sites (N-methyl/N-ethyl adjacent to an activating group) is 1. The van der Waals surface area contributed by atoms with Crippen LogP contribution in [0.2, 0.25) is 0 Å². The molecule has 1 aromatic carbocycles. The van der Waals surface area contributed by atoms with E-state index in [1.807, 2.05) is 6.92 Å². The number of rotatable bonds is 4. The van der Waals surface area contributed by atoms with Crippen molar-refractivity contribution in [3.05, 3.63) is 18.2 Å². The molecule has 0 saturated carbocycles. The van der Waals surface area contributed by atoms with Crippen LogP contribution in [0.5, 0.6) is 11.5 Å². The van der Waals surface area contributed by atoms with Gasteiger partial charge >= 0.3 is 11.8 Å². The molecule has 6 heteroatoms. The number of benzene rings is 1. The first-order chi connectivity index (χ1) is 9.61. The molecule has 0 aromatic heterocycles. The molecule has 0 radical (unpaired) electrons. The van der Waals surface area contributed by atoms with E-state index in [0.717, 1.165) is 12.8 Å². The van der Waals surface area contributed by atoms with Crippen LogP contribution in [0.3, 0.4) is 0 Å². The monoisotopic (exact) mass is 278 g/mol. The number of hydrogen-bond acceptors (Lipinski definition) is 4. The summed E-state index contributed by atoms with van der Waals surface area (Å²) >= 11 is 0. The van der Waals surface area contributed by atoms with Crippen LogP contribution in [0.15, 0.2) is 18.2 Å². The fourth-order valence-corrected chi connectivity index (χ4v) is 1.83. The van der Waals surface area contributed by atoms with Gasteiger partial charge in [-0.2, -0.15) is 0 Å². The lowest BCUT2D eigenvalue weighted by molar-refractivity contribution is -0.142. The summed E-state index contributed by atoms with van der Waals surface area (Å²) < 4.78 is 10.4. The number of carbonyl (C=O) groups is 2. The lowest BCUT2D eigenvalue weighted by Crippen LogP contribution is -2.37. The second-order valence-corrected chi connectivity index (χ2v) is 4.60. The summed E-state index contributed by atoms with van der Waals surface area (Å²) in [6.45, 7) is 2.78. The number of hydrogen-bond donors (Lipinski definition) is 1. The first kappa shape index (κ1) is 14.2. The van der Waals surface area contributed by atoms with Gasteiger partial charge in [0.2, 0.25) is 6.79 Å². The van der Waals surface area contributed by atoms with Crippen molar-refractivity contribution in [1.29, 1.82) is 0 Å². The van der Waals surface area contributed by atoms with Crippen molar-refractivity contribution in [2.24, 2.45) is 0 Å². The van der Waals surface area contributed by atoms with Crippen molar-refractivity contribution in [2.75, 3.05) is 25.7 Å². The van der Waals surface area contributed by atoms with Crippen LogP contribution in [0.1, 0.15) is 19.8 Å². The molecule has 0 unspecified atom stereocenters. The molecule has 0 atom stereocenters.